The second kappa shape index (κ2) is 6.93. The standard InChI is InChI=1S/C19H21N5O/c1-25-19-12-18(21-13-22-19)23-14-7-10-24(11-8-14)17-6-9-20-16-5-3-2-4-15(16)17/h2-6,9,12-14H,7-8,10-11H2,1H3,(H,21,22,23). The topological polar surface area (TPSA) is 63.2 Å². The molecule has 1 N–H and O–H groups in total. The van der Waals surface area contributed by atoms with Gasteiger partial charge < -0.3 is 15.0 Å². The highest BCUT2D eigenvalue weighted by molar-refractivity contribution is 5.91. The number of fused-ring (bicyclic) bond motifs is 1. The Labute approximate surface area is 146 Å². The molecule has 6 nitrogen and oxygen atoms in total. The van der Waals surface area contributed by atoms with E-state index in [0.717, 1.165) is 37.3 Å². The second-order valence-electron chi connectivity index (χ2n) is 6.20. The van der Waals surface area contributed by atoms with E-state index in [1.54, 1.807) is 7.11 Å². The lowest BCUT2D eigenvalue weighted by Crippen LogP contribution is -2.39. The van der Waals surface area contributed by atoms with Gasteiger partial charge >= 0.3 is 0 Å². The summed E-state index contributed by atoms with van der Waals surface area (Å²) >= 11 is 0. The van der Waals surface area contributed by atoms with Gasteiger partial charge in [0.1, 0.15) is 12.1 Å². The van der Waals surface area contributed by atoms with Gasteiger partial charge in [0.05, 0.1) is 12.6 Å². The van der Waals surface area contributed by atoms with E-state index >= 15 is 0 Å². The van der Waals surface area contributed by atoms with Crippen LogP contribution in [0.15, 0.2) is 48.9 Å². The zero-order chi connectivity index (χ0) is 17.1. The molecule has 128 valence electrons. The maximum atomic E-state index is 5.15. The molecule has 0 amide bonds. The SMILES string of the molecule is COc1cc(NC2CCN(c3ccnc4ccccc34)CC2)ncn1. The normalized spacial score (nSPS) is 15.3. The number of anilines is 2. The van der Waals surface area contributed by atoms with Gasteiger partial charge in [-0.25, -0.2) is 9.97 Å². The molecule has 2 aromatic heterocycles. The second-order valence-corrected chi connectivity index (χ2v) is 6.20. The monoisotopic (exact) mass is 335 g/mol. The molecule has 4 rings (SSSR count). The van der Waals surface area contributed by atoms with Gasteiger partial charge in [-0.2, -0.15) is 0 Å². The highest BCUT2D eigenvalue weighted by atomic mass is 16.5. The van der Waals surface area contributed by atoms with E-state index in [-0.39, 0.29) is 0 Å². The highest BCUT2D eigenvalue weighted by Gasteiger charge is 2.21. The largest absolute Gasteiger partial charge is 0.481 e. The van der Waals surface area contributed by atoms with Crippen LogP contribution in [-0.2, 0) is 0 Å². The Morgan fingerprint density at radius 2 is 1.92 bits per heavy atom. The lowest BCUT2D eigenvalue weighted by Gasteiger charge is -2.34. The zero-order valence-corrected chi connectivity index (χ0v) is 14.2. The van der Waals surface area contributed by atoms with Crippen molar-refractivity contribution < 1.29 is 4.74 Å². The number of methoxy groups -OCH3 is 1. The summed E-state index contributed by atoms with van der Waals surface area (Å²) in [6, 6.07) is 12.7. The van der Waals surface area contributed by atoms with Crippen molar-refractivity contribution in [3.8, 4) is 5.88 Å². The smallest absolute Gasteiger partial charge is 0.218 e. The van der Waals surface area contributed by atoms with Gasteiger partial charge in [-0.15, -0.1) is 0 Å². The average Bonchev–Trinajstić information content (AvgIpc) is 2.68. The molecule has 0 bridgehead atoms. The minimum Gasteiger partial charge on any atom is -0.481 e. The number of nitrogens with one attached hydrogen (secondary N) is 1. The number of nitrogens with zero attached hydrogens (tertiary/aromatic N) is 4. The fourth-order valence-corrected chi connectivity index (χ4v) is 3.36. The predicted octanol–water partition coefficient (Wildman–Crippen LogP) is 3.11. The summed E-state index contributed by atoms with van der Waals surface area (Å²) < 4.78 is 5.15. The summed E-state index contributed by atoms with van der Waals surface area (Å²) in [5.41, 5.74) is 2.32. The third-order valence-electron chi connectivity index (χ3n) is 4.66. The molecular weight excluding hydrogens is 314 g/mol. The molecule has 25 heavy (non-hydrogen) atoms. The van der Waals surface area contributed by atoms with Crippen LogP contribution in [-0.4, -0.2) is 41.2 Å². The first-order valence-electron chi connectivity index (χ1n) is 8.55. The summed E-state index contributed by atoms with van der Waals surface area (Å²) in [6.07, 6.45) is 5.54. The van der Waals surface area contributed by atoms with Crippen molar-refractivity contribution in [2.45, 2.75) is 18.9 Å². The third-order valence-corrected chi connectivity index (χ3v) is 4.66. The van der Waals surface area contributed by atoms with Crippen LogP contribution < -0.4 is 15.0 Å². The number of hydrogen-bond acceptors (Lipinski definition) is 6. The molecular formula is C19H21N5O. The fourth-order valence-electron chi connectivity index (χ4n) is 3.36. The Morgan fingerprint density at radius 3 is 2.76 bits per heavy atom. The van der Waals surface area contributed by atoms with E-state index in [2.05, 4.69) is 49.4 Å². The molecule has 0 spiro atoms. The van der Waals surface area contributed by atoms with E-state index < -0.39 is 0 Å². The fraction of sp³-hybridized carbons (Fsp3) is 0.316. The van der Waals surface area contributed by atoms with Gasteiger partial charge in [-0.3, -0.25) is 4.98 Å². The number of benzene rings is 1. The van der Waals surface area contributed by atoms with E-state index in [4.69, 9.17) is 4.74 Å². The number of ether oxygens (including phenoxy) is 1. The lowest BCUT2D eigenvalue weighted by atomic mass is 10.0. The molecule has 1 aliphatic rings. The van der Waals surface area contributed by atoms with E-state index in [1.807, 2.05) is 18.3 Å². The molecule has 0 atom stereocenters. The minimum absolute atomic E-state index is 0.406. The van der Waals surface area contributed by atoms with Crippen molar-refractivity contribution in [1.29, 1.82) is 0 Å². The third kappa shape index (κ3) is 3.33. The number of hydrogen-bond donors (Lipinski definition) is 1. The molecule has 1 saturated heterocycles. The van der Waals surface area contributed by atoms with Crippen LogP contribution in [0, 0.1) is 0 Å². The molecule has 3 heterocycles. The van der Waals surface area contributed by atoms with Gasteiger partial charge in [-0.05, 0) is 25.0 Å². The zero-order valence-electron chi connectivity index (χ0n) is 14.2. The first kappa shape index (κ1) is 15.6. The van der Waals surface area contributed by atoms with Crippen molar-refractivity contribution >= 4 is 22.4 Å². The number of aromatic nitrogens is 3. The van der Waals surface area contributed by atoms with Crippen LogP contribution in [0.5, 0.6) is 5.88 Å². The van der Waals surface area contributed by atoms with Crippen molar-refractivity contribution in [1.82, 2.24) is 15.0 Å². The summed E-state index contributed by atoms with van der Waals surface area (Å²) in [4.78, 5) is 15.2. The van der Waals surface area contributed by atoms with Crippen molar-refractivity contribution in [2.75, 3.05) is 30.4 Å². The van der Waals surface area contributed by atoms with Crippen molar-refractivity contribution in [2.24, 2.45) is 0 Å². The van der Waals surface area contributed by atoms with Gasteiger partial charge in [0.2, 0.25) is 5.88 Å². The quantitative estimate of drug-likeness (QED) is 0.790. The minimum atomic E-state index is 0.406. The van der Waals surface area contributed by atoms with Gasteiger partial charge in [0.15, 0.2) is 0 Å². The first-order chi connectivity index (χ1) is 12.3. The Balaban J connectivity index is 1.44. The average molecular weight is 335 g/mol. The van der Waals surface area contributed by atoms with Crippen LogP contribution in [0.4, 0.5) is 11.5 Å². The summed E-state index contributed by atoms with van der Waals surface area (Å²) in [7, 11) is 1.61. The molecule has 1 aliphatic heterocycles. The number of para-hydroxylation sites is 1. The Bertz CT molecular complexity index is 856. The predicted molar refractivity (Wildman–Crippen MR) is 99.2 cm³/mol. The van der Waals surface area contributed by atoms with E-state index in [1.165, 1.54) is 17.4 Å². The molecule has 0 aliphatic carbocycles. The molecule has 1 fully saturated rings. The molecule has 6 heteroatoms. The van der Waals surface area contributed by atoms with Crippen LogP contribution >= 0.6 is 0 Å². The summed E-state index contributed by atoms with van der Waals surface area (Å²) in [5, 5.41) is 4.71. The maximum absolute atomic E-state index is 5.15. The molecule has 1 aromatic carbocycles. The van der Waals surface area contributed by atoms with Gasteiger partial charge in [0, 0.05) is 42.5 Å². The lowest BCUT2D eigenvalue weighted by molar-refractivity contribution is 0.397. The summed E-state index contributed by atoms with van der Waals surface area (Å²) in [5.74, 6) is 1.40. The van der Waals surface area contributed by atoms with Crippen LogP contribution in [0.2, 0.25) is 0 Å². The number of pyridine rings is 1. The Hall–Kier alpha value is -2.89. The highest BCUT2D eigenvalue weighted by Crippen LogP contribution is 2.28. The molecule has 0 unspecified atom stereocenters. The molecule has 0 saturated carbocycles. The van der Waals surface area contributed by atoms with E-state index in [0.29, 0.717) is 11.9 Å². The molecule has 3 aromatic rings. The van der Waals surface area contributed by atoms with Crippen LogP contribution in [0.25, 0.3) is 10.9 Å². The Morgan fingerprint density at radius 1 is 1.08 bits per heavy atom. The van der Waals surface area contributed by atoms with Crippen molar-refractivity contribution in [3.05, 3.63) is 48.9 Å². The first-order valence-corrected chi connectivity index (χ1v) is 8.55. The van der Waals surface area contributed by atoms with Crippen LogP contribution in [0.1, 0.15) is 12.8 Å². The van der Waals surface area contributed by atoms with Crippen molar-refractivity contribution in [3.63, 3.8) is 0 Å². The van der Waals surface area contributed by atoms with Gasteiger partial charge in [0.25, 0.3) is 0 Å². The Kier molecular flexibility index (Phi) is 4.33. The number of rotatable bonds is 4. The summed E-state index contributed by atoms with van der Waals surface area (Å²) in [6.45, 7) is 2.02. The van der Waals surface area contributed by atoms with Gasteiger partial charge in [-0.1, -0.05) is 18.2 Å². The van der Waals surface area contributed by atoms with Crippen LogP contribution in [0.3, 0.4) is 0 Å². The molecule has 0 radical (unpaired) electrons. The maximum Gasteiger partial charge on any atom is 0.218 e. The number of piperidine rings is 1. The van der Waals surface area contributed by atoms with E-state index in [9.17, 15) is 0 Å².